The Balaban J connectivity index is 1.53. The Hall–Kier alpha value is -3.25. The van der Waals surface area contributed by atoms with Crippen LogP contribution in [0.3, 0.4) is 0 Å². The van der Waals surface area contributed by atoms with E-state index in [2.05, 4.69) is 39.9 Å². The summed E-state index contributed by atoms with van der Waals surface area (Å²) in [6, 6.07) is 11.4. The molecule has 3 aromatic rings. The summed E-state index contributed by atoms with van der Waals surface area (Å²) in [5.41, 5.74) is 3.20. The number of hydrogen-bond acceptors (Lipinski definition) is 6. The molecule has 0 radical (unpaired) electrons. The van der Waals surface area contributed by atoms with Crippen LogP contribution in [0.1, 0.15) is 42.7 Å². The fraction of sp³-hybridized carbons (Fsp3) is 0.400. The third-order valence-corrected chi connectivity index (χ3v) is 6.61. The van der Waals surface area contributed by atoms with Crippen LogP contribution >= 0.6 is 0 Å². The van der Waals surface area contributed by atoms with E-state index in [4.69, 9.17) is 5.26 Å². The topological polar surface area (TPSA) is 101 Å². The zero-order valence-corrected chi connectivity index (χ0v) is 19.3. The van der Waals surface area contributed by atoms with Crippen molar-refractivity contribution >= 4 is 0 Å². The molecule has 0 bridgehead atoms. The molecule has 0 aliphatic carbocycles. The largest absolute Gasteiger partial charge is 0.374 e. The number of aliphatic hydroxyl groups excluding tert-OH is 1. The predicted molar refractivity (Wildman–Crippen MR) is 127 cm³/mol. The van der Waals surface area contributed by atoms with E-state index in [-0.39, 0.29) is 5.56 Å². The first-order valence-electron chi connectivity index (χ1n) is 11.3. The van der Waals surface area contributed by atoms with E-state index in [1.165, 1.54) is 4.68 Å². The molecule has 2 atom stereocenters. The number of piperidine rings is 1. The molecule has 1 saturated heterocycles. The van der Waals surface area contributed by atoms with E-state index in [0.29, 0.717) is 28.6 Å². The van der Waals surface area contributed by atoms with Crippen molar-refractivity contribution in [3.8, 4) is 23.0 Å². The smallest absolute Gasteiger partial charge is 0.280 e. The van der Waals surface area contributed by atoms with Gasteiger partial charge in [-0.25, -0.2) is 9.67 Å². The highest BCUT2D eigenvalue weighted by Crippen LogP contribution is 2.25. The number of aromatic nitrogens is 3. The van der Waals surface area contributed by atoms with Gasteiger partial charge in [-0.1, -0.05) is 13.0 Å². The molecule has 8 nitrogen and oxygen atoms in total. The lowest BCUT2D eigenvalue weighted by Gasteiger charge is -2.39. The molecular weight excluding hydrogens is 416 g/mol. The van der Waals surface area contributed by atoms with Crippen molar-refractivity contribution in [1.29, 1.82) is 5.26 Å². The van der Waals surface area contributed by atoms with Gasteiger partial charge in [0.25, 0.3) is 5.56 Å². The van der Waals surface area contributed by atoms with Gasteiger partial charge in [-0.05, 0) is 68.8 Å². The van der Waals surface area contributed by atoms with E-state index in [0.717, 1.165) is 43.6 Å². The van der Waals surface area contributed by atoms with Crippen LogP contribution in [0.2, 0.25) is 0 Å². The maximum absolute atomic E-state index is 13.0. The van der Waals surface area contributed by atoms with Crippen molar-refractivity contribution in [3.63, 3.8) is 0 Å². The van der Waals surface area contributed by atoms with Gasteiger partial charge < -0.3 is 10.0 Å². The first-order chi connectivity index (χ1) is 15.9. The fourth-order valence-corrected chi connectivity index (χ4v) is 4.49. The van der Waals surface area contributed by atoms with Crippen LogP contribution in [0.4, 0.5) is 0 Å². The average molecular weight is 447 g/mol. The van der Waals surface area contributed by atoms with Crippen LogP contribution < -0.4 is 5.56 Å². The van der Waals surface area contributed by atoms with Gasteiger partial charge in [0.05, 0.1) is 17.2 Å². The van der Waals surface area contributed by atoms with Crippen molar-refractivity contribution < 1.29 is 5.11 Å². The van der Waals surface area contributed by atoms with Gasteiger partial charge in [-0.15, -0.1) is 0 Å². The van der Waals surface area contributed by atoms with Crippen molar-refractivity contribution in [3.05, 3.63) is 69.8 Å². The predicted octanol–water partition coefficient (Wildman–Crippen LogP) is 2.81. The van der Waals surface area contributed by atoms with E-state index >= 15 is 0 Å². The zero-order chi connectivity index (χ0) is 23.5. The Bertz CT molecular complexity index is 1210. The molecule has 4 rings (SSSR count). The molecule has 1 fully saturated rings. The molecule has 2 unspecified atom stereocenters. The normalized spacial score (nSPS) is 17.8. The minimum Gasteiger partial charge on any atom is -0.374 e. The molecule has 1 aromatic carbocycles. The minimum absolute atomic E-state index is 0.218. The van der Waals surface area contributed by atoms with E-state index in [9.17, 15) is 9.90 Å². The highest BCUT2D eigenvalue weighted by molar-refractivity contribution is 5.67. The number of benzene rings is 1. The van der Waals surface area contributed by atoms with Crippen molar-refractivity contribution in [2.75, 3.05) is 26.7 Å². The number of hydrogen-bond donors (Lipinski definition) is 2. The van der Waals surface area contributed by atoms with Crippen LogP contribution in [0.5, 0.6) is 0 Å². The second kappa shape index (κ2) is 9.71. The Kier molecular flexibility index (Phi) is 6.75. The first-order valence-corrected chi connectivity index (χ1v) is 11.3. The van der Waals surface area contributed by atoms with Crippen molar-refractivity contribution in [2.24, 2.45) is 0 Å². The van der Waals surface area contributed by atoms with Gasteiger partial charge in [0, 0.05) is 37.1 Å². The molecule has 172 valence electrons. The highest BCUT2D eigenvalue weighted by Gasteiger charge is 2.27. The minimum atomic E-state index is -0.725. The van der Waals surface area contributed by atoms with Crippen LogP contribution in [0.15, 0.2) is 47.5 Å². The summed E-state index contributed by atoms with van der Waals surface area (Å²) in [5.74, 6) is 0.454. The average Bonchev–Trinajstić information content (AvgIpc) is 3.23. The summed E-state index contributed by atoms with van der Waals surface area (Å²) in [5, 5.41) is 23.0. The van der Waals surface area contributed by atoms with Gasteiger partial charge >= 0.3 is 0 Å². The SMILES string of the molecule is CCN(C)C1CCCN(C(O)c2ccc(-n3[nH]cc(-c4ccc(C#N)cc4C)c3=O)nc2)C1. The Morgan fingerprint density at radius 3 is 2.82 bits per heavy atom. The standard InChI is InChI=1S/C25H30N6O2/c1-4-29(3)20-6-5-11-30(16-20)24(32)19-8-10-23(27-14-19)31-25(33)22(15-28-31)21-9-7-18(13-26)12-17(21)2/h7-10,12,14-15,20,24,28,32H,4-6,11,16H2,1-3H3. The maximum atomic E-state index is 13.0. The molecule has 0 spiro atoms. The quantitative estimate of drug-likeness (QED) is 0.604. The number of rotatable bonds is 6. The van der Waals surface area contributed by atoms with Gasteiger partial charge in [0.1, 0.15) is 6.23 Å². The van der Waals surface area contributed by atoms with Crippen LogP contribution in [0.25, 0.3) is 16.9 Å². The number of nitrogens with one attached hydrogen (secondary N) is 1. The highest BCUT2D eigenvalue weighted by atomic mass is 16.3. The third kappa shape index (κ3) is 4.62. The zero-order valence-electron chi connectivity index (χ0n) is 19.3. The van der Waals surface area contributed by atoms with Crippen molar-refractivity contribution in [2.45, 2.75) is 39.0 Å². The molecule has 0 saturated carbocycles. The third-order valence-electron chi connectivity index (χ3n) is 6.61. The summed E-state index contributed by atoms with van der Waals surface area (Å²) in [6.07, 6.45) is 4.75. The maximum Gasteiger partial charge on any atom is 0.280 e. The lowest BCUT2D eigenvalue weighted by atomic mass is 10.0. The second-order valence-electron chi connectivity index (χ2n) is 8.66. The monoisotopic (exact) mass is 446 g/mol. The van der Waals surface area contributed by atoms with E-state index < -0.39 is 6.23 Å². The number of aromatic amines is 1. The van der Waals surface area contributed by atoms with E-state index in [1.54, 1.807) is 36.7 Å². The number of likely N-dealkylation sites (tertiary alicyclic amines) is 1. The number of likely N-dealkylation sites (N-methyl/N-ethyl adjacent to an activating group) is 1. The Labute approximate surface area is 193 Å². The molecule has 3 heterocycles. The summed E-state index contributed by atoms with van der Waals surface area (Å²) < 4.78 is 1.39. The lowest BCUT2D eigenvalue weighted by Crippen LogP contribution is -2.47. The molecule has 1 aliphatic rings. The second-order valence-corrected chi connectivity index (χ2v) is 8.66. The molecule has 33 heavy (non-hydrogen) atoms. The van der Waals surface area contributed by atoms with Crippen LogP contribution in [-0.4, -0.2) is 62.4 Å². The Morgan fingerprint density at radius 1 is 1.33 bits per heavy atom. The van der Waals surface area contributed by atoms with Crippen LogP contribution in [-0.2, 0) is 0 Å². The lowest BCUT2D eigenvalue weighted by molar-refractivity contribution is -0.0310. The number of aryl methyl sites for hydroxylation is 1. The number of nitriles is 1. The van der Waals surface area contributed by atoms with Gasteiger partial charge in [0.2, 0.25) is 0 Å². The summed E-state index contributed by atoms with van der Waals surface area (Å²) in [4.78, 5) is 21.9. The number of nitrogens with zero attached hydrogens (tertiary/aromatic N) is 5. The van der Waals surface area contributed by atoms with Crippen molar-refractivity contribution in [1.82, 2.24) is 24.6 Å². The van der Waals surface area contributed by atoms with Gasteiger partial charge in [-0.2, -0.15) is 5.26 Å². The van der Waals surface area contributed by atoms with Crippen LogP contribution in [0, 0.1) is 18.3 Å². The Morgan fingerprint density at radius 2 is 2.15 bits per heavy atom. The number of aliphatic hydroxyl groups is 1. The molecule has 0 amide bonds. The first kappa shape index (κ1) is 22.9. The molecule has 1 aliphatic heterocycles. The van der Waals surface area contributed by atoms with Gasteiger partial charge in [-0.3, -0.25) is 14.8 Å². The molecule has 8 heteroatoms. The number of H-pyrrole nitrogens is 1. The summed E-state index contributed by atoms with van der Waals surface area (Å²) in [6.45, 7) is 6.68. The molecule has 2 aromatic heterocycles. The molecule has 2 N–H and O–H groups in total. The molecular formula is C25H30N6O2. The van der Waals surface area contributed by atoms with Gasteiger partial charge in [0.15, 0.2) is 5.82 Å². The number of pyridine rings is 1. The van der Waals surface area contributed by atoms with E-state index in [1.807, 2.05) is 13.0 Å². The summed E-state index contributed by atoms with van der Waals surface area (Å²) in [7, 11) is 2.12. The summed E-state index contributed by atoms with van der Waals surface area (Å²) >= 11 is 0. The fourth-order valence-electron chi connectivity index (χ4n) is 4.49.